The molecule has 128 valence electrons. The fourth-order valence-electron chi connectivity index (χ4n) is 3.97. The van der Waals surface area contributed by atoms with E-state index >= 15 is 0 Å². The minimum Gasteiger partial charge on any atom is -0.339 e. The highest BCUT2D eigenvalue weighted by molar-refractivity contribution is 7.99. The number of halogens is 1. The van der Waals surface area contributed by atoms with Crippen molar-refractivity contribution in [2.45, 2.75) is 42.1 Å². The van der Waals surface area contributed by atoms with Gasteiger partial charge < -0.3 is 9.80 Å². The lowest BCUT2D eigenvalue weighted by atomic mass is 9.99. The molecule has 2 aliphatic rings. The van der Waals surface area contributed by atoms with E-state index in [0.29, 0.717) is 18.0 Å². The summed E-state index contributed by atoms with van der Waals surface area (Å²) in [6.07, 6.45) is 1.28. The molecule has 0 amide bonds. The van der Waals surface area contributed by atoms with Gasteiger partial charge in [-0.25, -0.2) is 0 Å². The molecule has 4 heteroatoms. The van der Waals surface area contributed by atoms with E-state index in [-0.39, 0.29) is 12.4 Å². The summed E-state index contributed by atoms with van der Waals surface area (Å²) in [5, 5.41) is 0. The van der Waals surface area contributed by atoms with Gasteiger partial charge in [-0.2, -0.15) is 0 Å². The van der Waals surface area contributed by atoms with Crippen molar-refractivity contribution in [3.63, 3.8) is 0 Å². The third kappa shape index (κ3) is 2.94. The number of para-hydroxylation sites is 2. The van der Waals surface area contributed by atoms with Crippen LogP contribution >= 0.6 is 24.2 Å². The van der Waals surface area contributed by atoms with E-state index < -0.39 is 0 Å². The van der Waals surface area contributed by atoms with Crippen molar-refractivity contribution >= 4 is 35.5 Å². The largest absolute Gasteiger partial charge is 0.339 e. The molecule has 2 aromatic rings. The Morgan fingerprint density at radius 1 is 0.958 bits per heavy atom. The Bertz CT molecular complexity index is 675. The number of hydrogen-bond acceptors (Lipinski definition) is 3. The molecule has 0 saturated carbocycles. The van der Waals surface area contributed by atoms with Crippen LogP contribution in [-0.2, 0) is 0 Å². The minimum atomic E-state index is 0. The monoisotopic (exact) mass is 360 g/mol. The lowest BCUT2D eigenvalue weighted by molar-refractivity contribution is 0.250. The first-order chi connectivity index (χ1) is 11.1. The summed E-state index contributed by atoms with van der Waals surface area (Å²) in [4.78, 5) is 7.83. The Labute approximate surface area is 155 Å². The fourth-order valence-corrected chi connectivity index (χ4v) is 5.07. The summed E-state index contributed by atoms with van der Waals surface area (Å²) in [5.74, 6) is 0.708. The average molecular weight is 361 g/mol. The molecule has 0 aromatic heterocycles. The van der Waals surface area contributed by atoms with Gasteiger partial charge in [0.15, 0.2) is 0 Å². The van der Waals surface area contributed by atoms with Crippen molar-refractivity contribution in [1.82, 2.24) is 4.90 Å². The zero-order valence-corrected chi connectivity index (χ0v) is 16.1. The first kappa shape index (κ1) is 17.7. The third-order valence-electron chi connectivity index (χ3n) is 5.61. The first-order valence-corrected chi connectivity index (χ1v) is 9.32. The van der Waals surface area contributed by atoms with Crippen LogP contribution in [0.4, 0.5) is 11.4 Å². The lowest BCUT2D eigenvalue weighted by Gasteiger charge is -2.35. The molecule has 2 aliphatic heterocycles. The molecule has 0 radical (unpaired) electrons. The third-order valence-corrected chi connectivity index (χ3v) is 6.74. The van der Waals surface area contributed by atoms with Crippen molar-refractivity contribution in [3.05, 3.63) is 48.5 Å². The van der Waals surface area contributed by atoms with E-state index in [1.165, 1.54) is 27.6 Å². The molecular formula is C20H25ClN2S. The average Bonchev–Trinajstić information content (AvgIpc) is 2.81. The van der Waals surface area contributed by atoms with Crippen LogP contribution in [0.3, 0.4) is 0 Å². The maximum atomic E-state index is 2.55. The smallest absolute Gasteiger partial charge is 0.0552 e. The van der Waals surface area contributed by atoms with Gasteiger partial charge in [-0.3, -0.25) is 0 Å². The molecule has 2 nitrogen and oxygen atoms in total. The molecule has 4 rings (SSSR count). The summed E-state index contributed by atoms with van der Waals surface area (Å²) < 4.78 is 0. The number of rotatable bonds is 2. The molecule has 24 heavy (non-hydrogen) atoms. The number of anilines is 2. The van der Waals surface area contributed by atoms with E-state index in [2.05, 4.69) is 79.2 Å². The summed E-state index contributed by atoms with van der Waals surface area (Å²) in [5.41, 5.74) is 2.73. The highest BCUT2D eigenvalue weighted by atomic mass is 35.5. The zero-order chi connectivity index (χ0) is 16.0. The number of fused-ring (bicyclic) bond motifs is 2. The van der Waals surface area contributed by atoms with Gasteiger partial charge in [0.1, 0.15) is 0 Å². The summed E-state index contributed by atoms with van der Waals surface area (Å²) in [6.45, 7) is 5.83. The molecule has 0 bridgehead atoms. The maximum absolute atomic E-state index is 2.55. The van der Waals surface area contributed by atoms with Gasteiger partial charge in [0.2, 0.25) is 0 Å². The standard InChI is InChI=1S/C20H24N2S.ClH/c1-14-12-16(15(2)21(14)3)13-22-17-8-4-6-10-19(17)23-20-11-7-5-9-18(20)22;/h4-11,14-16H,12-13H2,1-3H3;1H. The number of hydrogen-bond donors (Lipinski definition) is 0. The number of benzene rings is 2. The molecule has 2 aromatic carbocycles. The minimum absolute atomic E-state index is 0. The molecule has 0 N–H and O–H groups in total. The van der Waals surface area contributed by atoms with Crippen LogP contribution in [0.1, 0.15) is 20.3 Å². The van der Waals surface area contributed by atoms with E-state index in [9.17, 15) is 0 Å². The second-order valence-electron chi connectivity index (χ2n) is 6.90. The van der Waals surface area contributed by atoms with Gasteiger partial charge in [-0.15, -0.1) is 12.4 Å². The topological polar surface area (TPSA) is 6.48 Å². The maximum Gasteiger partial charge on any atom is 0.0552 e. The highest BCUT2D eigenvalue weighted by Crippen LogP contribution is 2.48. The van der Waals surface area contributed by atoms with Crippen LogP contribution in [0.5, 0.6) is 0 Å². The van der Waals surface area contributed by atoms with Gasteiger partial charge in [0.25, 0.3) is 0 Å². The first-order valence-electron chi connectivity index (χ1n) is 8.50. The Morgan fingerprint density at radius 2 is 1.50 bits per heavy atom. The predicted octanol–water partition coefficient (Wildman–Crippen LogP) is 5.44. The van der Waals surface area contributed by atoms with Crippen molar-refractivity contribution in [2.24, 2.45) is 5.92 Å². The van der Waals surface area contributed by atoms with Crippen molar-refractivity contribution < 1.29 is 0 Å². The SMILES string of the molecule is CC1CC(CN2c3ccccc3Sc3ccccc32)C(C)N1C.Cl. The van der Waals surface area contributed by atoms with E-state index in [1.807, 2.05) is 11.8 Å². The normalized spacial score (nSPS) is 25.8. The highest BCUT2D eigenvalue weighted by Gasteiger charge is 2.36. The predicted molar refractivity (Wildman–Crippen MR) is 106 cm³/mol. The summed E-state index contributed by atoms with van der Waals surface area (Å²) in [7, 11) is 2.27. The quantitative estimate of drug-likeness (QED) is 0.704. The molecule has 2 heterocycles. The van der Waals surface area contributed by atoms with Gasteiger partial charge in [-0.05, 0) is 57.5 Å². The van der Waals surface area contributed by atoms with Crippen LogP contribution in [0, 0.1) is 5.92 Å². The Balaban J connectivity index is 0.00000169. The van der Waals surface area contributed by atoms with Crippen LogP contribution < -0.4 is 4.90 Å². The zero-order valence-electron chi connectivity index (χ0n) is 14.5. The molecular weight excluding hydrogens is 336 g/mol. The Morgan fingerprint density at radius 3 is 2.00 bits per heavy atom. The Hall–Kier alpha value is -1.16. The number of nitrogens with zero attached hydrogens (tertiary/aromatic N) is 2. The number of likely N-dealkylation sites (tertiary alicyclic amines) is 1. The molecule has 1 saturated heterocycles. The second-order valence-corrected chi connectivity index (χ2v) is 7.98. The Kier molecular flexibility index (Phi) is 5.14. The van der Waals surface area contributed by atoms with Gasteiger partial charge in [0.05, 0.1) is 11.4 Å². The van der Waals surface area contributed by atoms with E-state index in [4.69, 9.17) is 0 Å². The van der Waals surface area contributed by atoms with Crippen LogP contribution in [0.2, 0.25) is 0 Å². The van der Waals surface area contributed by atoms with Crippen molar-refractivity contribution in [1.29, 1.82) is 0 Å². The molecule has 3 unspecified atom stereocenters. The van der Waals surface area contributed by atoms with Crippen LogP contribution in [0.25, 0.3) is 0 Å². The molecule has 0 spiro atoms. The fraction of sp³-hybridized carbons (Fsp3) is 0.400. The van der Waals surface area contributed by atoms with Crippen LogP contribution in [0.15, 0.2) is 58.3 Å². The van der Waals surface area contributed by atoms with Gasteiger partial charge >= 0.3 is 0 Å². The van der Waals surface area contributed by atoms with Gasteiger partial charge in [-0.1, -0.05) is 36.0 Å². The van der Waals surface area contributed by atoms with E-state index in [0.717, 1.165) is 6.54 Å². The molecule has 3 atom stereocenters. The van der Waals surface area contributed by atoms with Crippen molar-refractivity contribution in [2.75, 3.05) is 18.5 Å². The van der Waals surface area contributed by atoms with E-state index in [1.54, 1.807) is 0 Å². The lowest BCUT2D eigenvalue weighted by Crippen LogP contribution is -2.35. The van der Waals surface area contributed by atoms with Crippen LogP contribution in [-0.4, -0.2) is 30.6 Å². The molecule has 0 aliphatic carbocycles. The summed E-state index contributed by atoms with van der Waals surface area (Å²) >= 11 is 1.89. The molecule has 1 fully saturated rings. The second kappa shape index (κ2) is 6.99. The summed E-state index contributed by atoms with van der Waals surface area (Å²) in [6, 6.07) is 19.0. The van der Waals surface area contributed by atoms with Gasteiger partial charge in [0, 0.05) is 28.4 Å². The van der Waals surface area contributed by atoms with Crippen molar-refractivity contribution in [3.8, 4) is 0 Å².